The summed E-state index contributed by atoms with van der Waals surface area (Å²) in [5.41, 5.74) is 7.30. The van der Waals surface area contributed by atoms with Crippen LogP contribution in [0.15, 0.2) is 24.5 Å². The van der Waals surface area contributed by atoms with Crippen LogP contribution in [0.25, 0.3) is 17.1 Å². The molecule has 2 amide bonds. The molecule has 0 unspecified atom stereocenters. The lowest BCUT2D eigenvalue weighted by Crippen LogP contribution is -2.49. The van der Waals surface area contributed by atoms with Crippen LogP contribution >= 0.6 is 0 Å². The maximum atomic E-state index is 12.2. The SMILES string of the molecule is NC(=O)/C=C/c1c[nH]c2ncc(N3CCN(C(=O)OCC(F)(F)F)CC3)cc12. The van der Waals surface area contributed by atoms with Gasteiger partial charge in [0.25, 0.3) is 0 Å². The van der Waals surface area contributed by atoms with Gasteiger partial charge in [-0.1, -0.05) is 0 Å². The quantitative estimate of drug-likeness (QED) is 0.767. The Morgan fingerprint density at radius 1 is 1.29 bits per heavy atom. The van der Waals surface area contributed by atoms with E-state index in [-0.39, 0.29) is 13.1 Å². The van der Waals surface area contributed by atoms with Crippen molar-refractivity contribution in [2.24, 2.45) is 5.73 Å². The maximum absolute atomic E-state index is 12.2. The third-order valence-electron chi connectivity index (χ3n) is 4.24. The highest BCUT2D eigenvalue weighted by atomic mass is 19.4. The molecule has 1 aliphatic rings. The first-order valence-electron chi connectivity index (χ1n) is 8.41. The molecule has 1 fully saturated rings. The van der Waals surface area contributed by atoms with E-state index in [9.17, 15) is 22.8 Å². The molecule has 0 saturated carbocycles. The molecule has 0 aliphatic carbocycles. The van der Waals surface area contributed by atoms with Crippen LogP contribution in [0.5, 0.6) is 0 Å². The van der Waals surface area contributed by atoms with E-state index >= 15 is 0 Å². The number of piperazine rings is 1. The molecule has 3 rings (SSSR count). The summed E-state index contributed by atoms with van der Waals surface area (Å²) in [6.45, 7) is -0.287. The van der Waals surface area contributed by atoms with Gasteiger partial charge in [-0.3, -0.25) is 4.79 Å². The minimum absolute atomic E-state index is 0.232. The van der Waals surface area contributed by atoms with Crippen LogP contribution in [0.3, 0.4) is 0 Å². The summed E-state index contributed by atoms with van der Waals surface area (Å²) in [6, 6.07) is 1.89. The van der Waals surface area contributed by atoms with Gasteiger partial charge in [-0.05, 0) is 12.1 Å². The molecule has 1 saturated heterocycles. The number of hydrogen-bond donors (Lipinski definition) is 2. The normalized spacial score (nSPS) is 15.4. The van der Waals surface area contributed by atoms with Crippen molar-refractivity contribution in [3.05, 3.63) is 30.1 Å². The molecule has 0 radical (unpaired) electrons. The molecule has 3 N–H and O–H groups in total. The third-order valence-corrected chi connectivity index (χ3v) is 4.24. The van der Waals surface area contributed by atoms with Crippen molar-refractivity contribution in [1.82, 2.24) is 14.9 Å². The fraction of sp³-hybridized carbons (Fsp3) is 0.353. The standard InChI is InChI=1S/C17H18F3N5O3/c18-17(19,20)10-28-16(27)25-5-3-24(4-6-25)12-7-13-11(1-2-14(21)26)8-22-15(13)23-9-12/h1-2,7-9H,3-6,10H2,(H2,21,26)(H,22,23)/b2-1+. The second kappa shape index (κ2) is 7.79. The van der Waals surface area contributed by atoms with Gasteiger partial charge in [0.15, 0.2) is 6.61 Å². The summed E-state index contributed by atoms with van der Waals surface area (Å²) in [5.74, 6) is -0.563. The number of aromatic nitrogens is 2. The Morgan fingerprint density at radius 3 is 2.64 bits per heavy atom. The molecule has 2 aromatic rings. The van der Waals surface area contributed by atoms with Crippen molar-refractivity contribution in [2.75, 3.05) is 37.7 Å². The number of anilines is 1. The molecule has 0 bridgehead atoms. The van der Waals surface area contributed by atoms with Gasteiger partial charge in [0, 0.05) is 49.4 Å². The average molecular weight is 397 g/mol. The van der Waals surface area contributed by atoms with E-state index in [1.165, 1.54) is 11.0 Å². The van der Waals surface area contributed by atoms with Crippen LogP contribution in [0, 0.1) is 0 Å². The Labute approximate surface area is 157 Å². The maximum Gasteiger partial charge on any atom is 0.422 e. The predicted octanol–water partition coefficient (Wildman–Crippen LogP) is 1.88. The molecule has 11 heteroatoms. The Bertz CT molecular complexity index is 901. The van der Waals surface area contributed by atoms with Crippen molar-refractivity contribution in [3.63, 3.8) is 0 Å². The number of nitrogens with zero attached hydrogens (tertiary/aromatic N) is 3. The van der Waals surface area contributed by atoms with E-state index in [0.29, 0.717) is 18.7 Å². The highest BCUT2D eigenvalue weighted by molar-refractivity contribution is 5.95. The van der Waals surface area contributed by atoms with E-state index in [1.54, 1.807) is 18.5 Å². The number of aromatic amines is 1. The highest BCUT2D eigenvalue weighted by Crippen LogP contribution is 2.24. The number of pyridine rings is 1. The molecule has 2 aromatic heterocycles. The van der Waals surface area contributed by atoms with Gasteiger partial charge in [-0.2, -0.15) is 13.2 Å². The Kier molecular flexibility index (Phi) is 5.43. The number of fused-ring (bicyclic) bond motifs is 1. The van der Waals surface area contributed by atoms with Crippen molar-refractivity contribution in [1.29, 1.82) is 0 Å². The van der Waals surface area contributed by atoms with Crippen molar-refractivity contribution in [3.8, 4) is 0 Å². The summed E-state index contributed by atoms with van der Waals surface area (Å²) in [7, 11) is 0. The number of amides is 2. The second-order valence-electron chi connectivity index (χ2n) is 6.21. The fourth-order valence-corrected chi connectivity index (χ4v) is 2.88. The molecule has 0 aromatic carbocycles. The third kappa shape index (κ3) is 4.72. The second-order valence-corrected chi connectivity index (χ2v) is 6.21. The van der Waals surface area contributed by atoms with E-state index in [4.69, 9.17) is 5.73 Å². The van der Waals surface area contributed by atoms with E-state index in [1.807, 2.05) is 11.0 Å². The first kappa shape index (κ1) is 19.5. The highest BCUT2D eigenvalue weighted by Gasteiger charge is 2.31. The number of carbonyl (C=O) groups excluding carboxylic acids is 2. The smallest absolute Gasteiger partial charge is 0.422 e. The predicted molar refractivity (Wildman–Crippen MR) is 95.5 cm³/mol. The van der Waals surface area contributed by atoms with Gasteiger partial charge in [0.2, 0.25) is 5.91 Å². The molecular weight excluding hydrogens is 379 g/mol. The van der Waals surface area contributed by atoms with E-state index in [0.717, 1.165) is 16.6 Å². The molecule has 3 heterocycles. The molecule has 0 spiro atoms. The zero-order valence-corrected chi connectivity index (χ0v) is 14.7. The van der Waals surface area contributed by atoms with E-state index in [2.05, 4.69) is 14.7 Å². The minimum Gasteiger partial charge on any atom is -0.440 e. The number of hydrogen-bond acceptors (Lipinski definition) is 5. The van der Waals surface area contributed by atoms with Crippen LogP contribution in [0.1, 0.15) is 5.56 Å². The zero-order valence-electron chi connectivity index (χ0n) is 14.7. The Hall–Kier alpha value is -3.24. The topological polar surface area (TPSA) is 105 Å². The minimum atomic E-state index is -4.55. The average Bonchev–Trinajstić information content (AvgIpc) is 3.06. The summed E-state index contributed by atoms with van der Waals surface area (Å²) in [6.07, 6.45) is 0.681. The Morgan fingerprint density at radius 2 is 2.00 bits per heavy atom. The van der Waals surface area contributed by atoms with Gasteiger partial charge < -0.3 is 25.3 Å². The number of primary amides is 1. The molecule has 8 nitrogen and oxygen atoms in total. The number of alkyl halides is 3. The summed E-state index contributed by atoms with van der Waals surface area (Å²) < 4.78 is 40.7. The van der Waals surface area contributed by atoms with Gasteiger partial charge >= 0.3 is 12.3 Å². The van der Waals surface area contributed by atoms with Gasteiger partial charge in [0.05, 0.1) is 11.9 Å². The number of nitrogens with one attached hydrogen (secondary N) is 1. The van der Waals surface area contributed by atoms with Crippen molar-refractivity contribution < 1.29 is 27.5 Å². The lowest BCUT2D eigenvalue weighted by atomic mass is 10.2. The number of rotatable bonds is 4. The first-order chi connectivity index (χ1) is 13.2. The zero-order chi connectivity index (χ0) is 20.3. The molecular formula is C17H18F3N5O3. The number of nitrogens with two attached hydrogens (primary N) is 1. The summed E-state index contributed by atoms with van der Waals surface area (Å²) in [5, 5.41) is 0.794. The lowest BCUT2D eigenvalue weighted by Gasteiger charge is -2.35. The molecule has 0 atom stereocenters. The monoisotopic (exact) mass is 397 g/mol. The van der Waals surface area contributed by atoms with Crippen molar-refractivity contribution >= 4 is 34.8 Å². The lowest BCUT2D eigenvalue weighted by molar-refractivity contribution is -0.162. The van der Waals surface area contributed by atoms with Crippen LogP contribution in [0.4, 0.5) is 23.7 Å². The number of carbonyl (C=O) groups is 2. The molecule has 150 valence electrons. The number of H-pyrrole nitrogens is 1. The summed E-state index contributed by atoms with van der Waals surface area (Å²) >= 11 is 0. The fourth-order valence-electron chi connectivity index (χ4n) is 2.88. The van der Waals surface area contributed by atoms with Gasteiger partial charge in [0.1, 0.15) is 5.65 Å². The molecule has 28 heavy (non-hydrogen) atoms. The first-order valence-corrected chi connectivity index (χ1v) is 8.41. The van der Waals surface area contributed by atoms with Crippen LogP contribution in [0.2, 0.25) is 0 Å². The molecule has 1 aliphatic heterocycles. The number of ether oxygens (including phenoxy) is 1. The summed E-state index contributed by atoms with van der Waals surface area (Å²) in [4.78, 5) is 33.2. The Balaban J connectivity index is 1.65. The largest absolute Gasteiger partial charge is 0.440 e. The van der Waals surface area contributed by atoms with Crippen LogP contribution < -0.4 is 10.6 Å². The van der Waals surface area contributed by atoms with Crippen LogP contribution in [-0.4, -0.2) is 65.8 Å². The van der Waals surface area contributed by atoms with Crippen LogP contribution in [-0.2, 0) is 9.53 Å². The van der Waals surface area contributed by atoms with Gasteiger partial charge in [-0.25, -0.2) is 9.78 Å². The van der Waals surface area contributed by atoms with E-state index < -0.39 is 24.8 Å². The van der Waals surface area contributed by atoms with Gasteiger partial charge in [-0.15, -0.1) is 0 Å². The number of halogens is 3. The van der Waals surface area contributed by atoms with Crippen molar-refractivity contribution in [2.45, 2.75) is 6.18 Å².